The fourth-order valence-electron chi connectivity index (χ4n) is 2.35. The Morgan fingerprint density at radius 3 is 2.38 bits per heavy atom. The van der Waals surface area contributed by atoms with Crippen LogP contribution >= 0.6 is 0 Å². The first kappa shape index (κ1) is 18.0. The Hall–Kier alpha value is -1.10. The molecule has 2 atom stereocenters. The third-order valence-corrected chi connectivity index (χ3v) is 3.57. The van der Waals surface area contributed by atoms with Crippen LogP contribution in [0.2, 0.25) is 0 Å². The van der Waals surface area contributed by atoms with Crippen LogP contribution in [0.1, 0.15) is 30.9 Å². The van der Waals surface area contributed by atoms with Gasteiger partial charge in [-0.2, -0.15) is 0 Å². The number of rotatable bonds is 10. The van der Waals surface area contributed by atoms with E-state index in [0.717, 1.165) is 36.3 Å². The number of ether oxygens (including phenoxy) is 1. The number of nitrogens with one attached hydrogen (secondary N) is 1. The molecule has 0 radical (unpaired) electrons. The summed E-state index contributed by atoms with van der Waals surface area (Å²) in [6.07, 6.45) is 1.30. The minimum Gasteiger partial charge on any atom is -0.491 e. The molecular weight excluding hydrogens is 266 g/mol. The summed E-state index contributed by atoms with van der Waals surface area (Å²) in [5.41, 5.74) is 2.32. The van der Waals surface area contributed by atoms with Gasteiger partial charge in [-0.15, -0.1) is 0 Å². The molecule has 4 heteroatoms. The normalized spacial score (nSPS) is 14.0. The van der Waals surface area contributed by atoms with Gasteiger partial charge in [0.2, 0.25) is 0 Å². The molecule has 0 saturated carbocycles. The average molecular weight is 295 g/mol. The fraction of sp³-hybridized carbons (Fsp3) is 0.647. The first-order chi connectivity index (χ1) is 10.0. The highest BCUT2D eigenvalue weighted by atomic mass is 16.5. The van der Waals surface area contributed by atoms with Crippen LogP contribution in [0.5, 0.6) is 5.75 Å². The monoisotopic (exact) mass is 295 g/mol. The van der Waals surface area contributed by atoms with E-state index in [1.165, 1.54) is 0 Å². The van der Waals surface area contributed by atoms with E-state index in [1.54, 1.807) is 0 Å². The number of hydrogen-bond acceptors (Lipinski definition) is 4. The van der Waals surface area contributed by atoms with Crippen LogP contribution in [0.4, 0.5) is 0 Å². The number of benzene rings is 1. The highest BCUT2D eigenvalue weighted by molar-refractivity contribution is 5.32. The van der Waals surface area contributed by atoms with Crippen molar-refractivity contribution in [1.82, 2.24) is 5.32 Å². The lowest BCUT2D eigenvalue weighted by atomic mass is 10.0. The molecular formula is C17H29NO3. The van der Waals surface area contributed by atoms with Gasteiger partial charge >= 0.3 is 0 Å². The number of hydrogen-bond donors (Lipinski definition) is 3. The van der Waals surface area contributed by atoms with Gasteiger partial charge in [0, 0.05) is 13.2 Å². The summed E-state index contributed by atoms with van der Waals surface area (Å²) < 4.78 is 5.63. The van der Waals surface area contributed by atoms with Crippen molar-refractivity contribution in [2.45, 2.75) is 39.7 Å². The maximum absolute atomic E-state index is 9.93. The van der Waals surface area contributed by atoms with Crippen molar-refractivity contribution in [3.63, 3.8) is 0 Å². The summed E-state index contributed by atoms with van der Waals surface area (Å²) in [4.78, 5) is 0. The van der Waals surface area contributed by atoms with Gasteiger partial charge in [0.1, 0.15) is 18.5 Å². The van der Waals surface area contributed by atoms with Gasteiger partial charge in [-0.3, -0.25) is 0 Å². The van der Waals surface area contributed by atoms with Gasteiger partial charge in [0.05, 0.1) is 0 Å². The molecule has 3 N–H and O–H groups in total. The molecule has 4 nitrogen and oxygen atoms in total. The van der Waals surface area contributed by atoms with E-state index in [4.69, 9.17) is 9.84 Å². The second kappa shape index (κ2) is 9.77. The lowest BCUT2D eigenvalue weighted by Gasteiger charge is -2.17. The van der Waals surface area contributed by atoms with Gasteiger partial charge < -0.3 is 20.3 Å². The maximum atomic E-state index is 9.93. The van der Waals surface area contributed by atoms with Crippen LogP contribution < -0.4 is 10.1 Å². The topological polar surface area (TPSA) is 61.7 Å². The van der Waals surface area contributed by atoms with Crippen LogP contribution in [0.25, 0.3) is 0 Å². The first-order valence-electron chi connectivity index (χ1n) is 7.75. The minimum atomic E-state index is -0.530. The molecule has 2 unspecified atom stereocenters. The van der Waals surface area contributed by atoms with Crippen LogP contribution in [0, 0.1) is 19.8 Å². The molecule has 21 heavy (non-hydrogen) atoms. The average Bonchev–Trinajstić information content (AvgIpc) is 2.43. The van der Waals surface area contributed by atoms with Crippen molar-refractivity contribution in [3.05, 3.63) is 29.3 Å². The molecule has 0 aromatic heterocycles. The Morgan fingerprint density at radius 1 is 1.14 bits per heavy atom. The van der Waals surface area contributed by atoms with Gasteiger partial charge in [-0.25, -0.2) is 0 Å². The van der Waals surface area contributed by atoms with Crippen molar-refractivity contribution in [3.8, 4) is 5.75 Å². The van der Waals surface area contributed by atoms with E-state index in [2.05, 4.69) is 18.3 Å². The zero-order valence-electron chi connectivity index (χ0n) is 13.4. The lowest BCUT2D eigenvalue weighted by Crippen LogP contribution is -2.34. The minimum absolute atomic E-state index is 0.221. The van der Waals surface area contributed by atoms with E-state index in [9.17, 15) is 5.11 Å². The molecule has 120 valence electrons. The zero-order chi connectivity index (χ0) is 15.7. The number of aliphatic hydroxyl groups excluding tert-OH is 2. The van der Waals surface area contributed by atoms with Gasteiger partial charge in [-0.1, -0.05) is 19.4 Å². The van der Waals surface area contributed by atoms with Crippen molar-refractivity contribution in [1.29, 1.82) is 0 Å². The predicted octanol–water partition coefficient (Wildman–Crippen LogP) is 2.04. The molecule has 0 aliphatic carbocycles. The quantitative estimate of drug-likeness (QED) is 0.618. The molecule has 0 spiro atoms. The molecule has 0 aliphatic heterocycles. The van der Waals surface area contributed by atoms with E-state index in [-0.39, 0.29) is 13.2 Å². The predicted molar refractivity (Wildman–Crippen MR) is 85.8 cm³/mol. The molecule has 0 bridgehead atoms. The van der Waals surface area contributed by atoms with E-state index in [0.29, 0.717) is 12.5 Å². The van der Waals surface area contributed by atoms with Crippen molar-refractivity contribution < 1.29 is 14.9 Å². The van der Waals surface area contributed by atoms with E-state index in [1.807, 2.05) is 26.0 Å². The van der Waals surface area contributed by atoms with Crippen LogP contribution in [0.15, 0.2) is 18.2 Å². The third-order valence-electron chi connectivity index (χ3n) is 3.57. The van der Waals surface area contributed by atoms with E-state index < -0.39 is 6.10 Å². The second-order valence-electron chi connectivity index (χ2n) is 5.73. The molecule has 1 rings (SSSR count). The van der Waals surface area contributed by atoms with E-state index >= 15 is 0 Å². The Labute approximate surface area is 128 Å². The summed E-state index contributed by atoms with van der Waals surface area (Å²) in [5.74, 6) is 1.26. The van der Waals surface area contributed by atoms with Gasteiger partial charge in [0.25, 0.3) is 0 Å². The fourth-order valence-corrected chi connectivity index (χ4v) is 2.35. The molecule has 0 fully saturated rings. The van der Waals surface area contributed by atoms with Crippen molar-refractivity contribution in [2.75, 3.05) is 26.3 Å². The first-order valence-corrected chi connectivity index (χ1v) is 7.75. The summed E-state index contributed by atoms with van der Waals surface area (Å²) in [6, 6.07) is 6.04. The summed E-state index contributed by atoms with van der Waals surface area (Å²) >= 11 is 0. The Balaban J connectivity index is 2.26. The summed E-state index contributed by atoms with van der Waals surface area (Å²) in [7, 11) is 0. The van der Waals surface area contributed by atoms with Crippen molar-refractivity contribution in [2.24, 2.45) is 5.92 Å². The Bertz CT molecular complexity index is 389. The highest BCUT2D eigenvalue weighted by Crippen LogP contribution is 2.16. The maximum Gasteiger partial charge on any atom is 0.119 e. The van der Waals surface area contributed by atoms with Crippen LogP contribution in [-0.2, 0) is 0 Å². The SMILES string of the molecule is CCC(CCO)CNCC(O)COc1cc(C)cc(C)c1. The molecule has 1 aromatic carbocycles. The molecule has 0 amide bonds. The van der Waals surface area contributed by atoms with Crippen LogP contribution in [-0.4, -0.2) is 42.6 Å². The standard InChI is InChI=1S/C17H29NO3/c1-4-15(5-6-19)10-18-11-16(20)12-21-17-8-13(2)7-14(3)9-17/h7-9,15-16,18-20H,4-6,10-12H2,1-3H3. The molecule has 1 aromatic rings. The smallest absolute Gasteiger partial charge is 0.119 e. The zero-order valence-corrected chi connectivity index (χ0v) is 13.4. The summed E-state index contributed by atoms with van der Waals surface area (Å²) in [5, 5.41) is 22.1. The second-order valence-corrected chi connectivity index (χ2v) is 5.73. The van der Waals surface area contributed by atoms with Gasteiger partial charge in [-0.05, 0) is 56.0 Å². The van der Waals surface area contributed by atoms with Gasteiger partial charge in [0.15, 0.2) is 0 Å². The molecule has 0 heterocycles. The largest absolute Gasteiger partial charge is 0.491 e. The Kier molecular flexibility index (Phi) is 8.35. The lowest BCUT2D eigenvalue weighted by molar-refractivity contribution is 0.105. The van der Waals surface area contributed by atoms with Crippen molar-refractivity contribution >= 4 is 0 Å². The number of aliphatic hydroxyl groups is 2. The Morgan fingerprint density at radius 2 is 1.81 bits per heavy atom. The molecule has 0 saturated heterocycles. The third kappa shape index (κ3) is 7.46. The highest BCUT2D eigenvalue weighted by Gasteiger charge is 2.09. The summed E-state index contributed by atoms with van der Waals surface area (Å²) in [6.45, 7) is 8.01. The van der Waals surface area contributed by atoms with Crippen LogP contribution in [0.3, 0.4) is 0 Å². The number of aryl methyl sites for hydroxylation is 2. The molecule has 0 aliphatic rings.